The summed E-state index contributed by atoms with van der Waals surface area (Å²) in [6, 6.07) is 12.5. The van der Waals surface area contributed by atoms with Crippen LogP contribution in [0.1, 0.15) is 34.3 Å². The molecule has 0 unspecified atom stereocenters. The monoisotopic (exact) mass is 369 g/mol. The van der Waals surface area contributed by atoms with Crippen LogP contribution in [-0.4, -0.2) is 33.0 Å². The Hall–Kier alpha value is -3.42. The molecule has 8 nitrogen and oxygen atoms in total. The molecule has 0 aromatic heterocycles. The van der Waals surface area contributed by atoms with Crippen LogP contribution in [0.2, 0.25) is 0 Å². The van der Waals surface area contributed by atoms with Gasteiger partial charge in [-0.25, -0.2) is 9.59 Å². The van der Waals surface area contributed by atoms with Crippen molar-refractivity contribution in [1.82, 2.24) is 10.2 Å². The molecule has 0 atom stereocenters. The minimum Gasteiger partial charge on any atom is -0.478 e. The molecular formula is C19H19N3O5. The number of urea groups is 1. The smallest absolute Gasteiger partial charge is 0.335 e. The van der Waals surface area contributed by atoms with Gasteiger partial charge in [0.25, 0.3) is 5.69 Å². The van der Waals surface area contributed by atoms with Crippen LogP contribution in [0.3, 0.4) is 0 Å². The molecule has 0 saturated heterocycles. The predicted octanol–water partition coefficient (Wildman–Crippen LogP) is 3.17. The van der Waals surface area contributed by atoms with Gasteiger partial charge in [-0.2, -0.15) is 0 Å². The molecule has 1 aliphatic carbocycles. The highest BCUT2D eigenvalue weighted by Crippen LogP contribution is 2.29. The zero-order valence-corrected chi connectivity index (χ0v) is 14.5. The lowest BCUT2D eigenvalue weighted by molar-refractivity contribution is -0.384. The van der Waals surface area contributed by atoms with Crippen molar-refractivity contribution in [3.05, 3.63) is 75.3 Å². The van der Waals surface area contributed by atoms with Crippen molar-refractivity contribution in [3.8, 4) is 0 Å². The van der Waals surface area contributed by atoms with E-state index in [1.54, 1.807) is 29.2 Å². The molecule has 2 aromatic carbocycles. The molecule has 0 heterocycles. The van der Waals surface area contributed by atoms with Crippen molar-refractivity contribution < 1.29 is 19.6 Å². The van der Waals surface area contributed by atoms with Crippen molar-refractivity contribution in [2.75, 3.05) is 0 Å². The first-order valence-corrected chi connectivity index (χ1v) is 8.54. The number of carbonyl (C=O) groups excluding carboxylic acids is 1. The molecule has 1 saturated carbocycles. The van der Waals surface area contributed by atoms with E-state index in [1.807, 2.05) is 0 Å². The first-order chi connectivity index (χ1) is 12.9. The zero-order chi connectivity index (χ0) is 19.4. The van der Waals surface area contributed by atoms with Gasteiger partial charge < -0.3 is 15.3 Å². The lowest BCUT2D eigenvalue weighted by Crippen LogP contribution is -2.40. The number of nitro benzene ring substituents is 1. The maximum atomic E-state index is 12.6. The average molecular weight is 369 g/mol. The SMILES string of the molecule is O=C(O)c1ccc(CNC(=O)N(Cc2cccc([N+](=O)[O-])c2)C2CC2)cc1. The largest absolute Gasteiger partial charge is 0.478 e. The molecule has 2 aromatic rings. The van der Waals surface area contributed by atoms with Gasteiger partial charge in [0.2, 0.25) is 0 Å². The zero-order valence-electron chi connectivity index (χ0n) is 14.5. The van der Waals surface area contributed by atoms with Crippen LogP contribution in [0.25, 0.3) is 0 Å². The first-order valence-electron chi connectivity index (χ1n) is 8.54. The normalized spacial score (nSPS) is 13.0. The van der Waals surface area contributed by atoms with Gasteiger partial charge in [-0.05, 0) is 36.1 Å². The Morgan fingerprint density at radius 1 is 1.15 bits per heavy atom. The molecule has 140 valence electrons. The molecule has 0 aliphatic heterocycles. The van der Waals surface area contributed by atoms with E-state index in [4.69, 9.17) is 5.11 Å². The molecule has 1 aliphatic rings. The number of rotatable bonds is 7. The Balaban J connectivity index is 1.63. The Morgan fingerprint density at radius 2 is 1.85 bits per heavy atom. The third-order valence-electron chi connectivity index (χ3n) is 4.37. The van der Waals surface area contributed by atoms with E-state index >= 15 is 0 Å². The Morgan fingerprint density at radius 3 is 2.44 bits per heavy atom. The van der Waals surface area contributed by atoms with Crippen molar-refractivity contribution in [1.29, 1.82) is 0 Å². The van der Waals surface area contributed by atoms with Gasteiger partial charge in [0.1, 0.15) is 0 Å². The van der Waals surface area contributed by atoms with Crippen LogP contribution < -0.4 is 5.32 Å². The third-order valence-corrected chi connectivity index (χ3v) is 4.37. The van der Waals surface area contributed by atoms with Gasteiger partial charge >= 0.3 is 12.0 Å². The summed E-state index contributed by atoms with van der Waals surface area (Å²) < 4.78 is 0. The van der Waals surface area contributed by atoms with E-state index in [2.05, 4.69) is 5.32 Å². The van der Waals surface area contributed by atoms with E-state index in [0.717, 1.165) is 18.4 Å². The number of nitrogens with one attached hydrogen (secondary N) is 1. The average Bonchev–Trinajstić information content (AvgIpc) is 3.49. The van der Waals surface area contributed by atoms with E-state index < -0.39 is 10.9 Å². The number of nitrogens with zero attached hydrogens (tertiary/aromatic N) is 2. The van der Waals surface area contributed by atoms with Crippen molar-refractivity contribution in [3.63, 3.8) is 0 Å². The van der Waals surface area contributed by atoms with E-state index in [9.17, 15) is 19.7 Å². The van der Waals surface area contributed by atoms with E-state index in [-0.39, 0.29) is 29.9 Å². The Labute approximate surface area is 155 Å². The summed E-state index contributed by atoms with van der Waals surface area (Å²) in [5, 5.41) is 22.7. The number of benzene rings is 2. The minimum atomic E-state index is -0.998. The lowest BCUT2D eigenvalue weighted by Gasteiger charge is -2.23. The number of carbonyl (C=O) groups is 2. The summed E-state index contributed by atoms with van der Waals surface area (Å²) in [5.74, 6) is -0.998. The van der Waals surface area contributed by atoms with Crippen LogP contribution in [-0.2, 0) is 13.1 Å². The number of non-ortho nitro benzene ring substituents is 1. The van der Waals surface area contributed by atoms with Gasteiger partial charge in [-0.15, -0.1) is 0 Å². The highest BCUT2D eigenvalue weighted by atomic mass is 16.6. The second-order valence-corrected chi connectivity index (χ2v) is 6.45. The lowest BCUT2D eigenvalue weighted by atomic mass is 10.1. The number of aromatic carboxylic acids is 1. The molecule has 0 spiro atoms. The highest BCUT2D eigenvalue weighted by Gasteiger charge is 2.32. The quantitative estimate of drug-likeness (QED) is 0.575. The summed E-state index contributed by atoms with van der Waals surface area (Å²) >= 11 is 0. The van der Waals surface area contributed by atoms with Crippen molar-refractivity contribution in [2.45, 2.75) is 32.0 Å². The molecular weight excluding hydrogens is 350 g/mol. The molecule has 2 N–H and O–H groups in total. The predicted molar refractivity (Wildman–Crippen MR) is 97.3 cm³/mol. The van der Waals surface area contributed by atoms with Gasteiger partial charge in [0.05, 0.1) is 10.5 Å². The summed E-state index contributed by atoms with van der Waals surface area (Å²) in [6.45, 7) is 0.576. The topological polar surface area (TPSA) is 113 Å². The van der Waals surface area contributed by atoms with E-state index in [0.29, 0.717) is 12.1 Å². The highest BCUT2D eigenvalue weighted by molar-refractivity contribution is 5.87. The standard InChI is InChI=1S/C19H19N3O5/c23-18(24)15-6-4-13(5-7-15)11-20-19(25)21(16-8-9-16)12-14-2-1-3-17(10-14)22(26)27/h1-7,10,16H,8-9,11-12H2,(H,20,25)(H,23,24). The van der Waals surface area contributed by atoms with Gasteiger partial charge in [0, 0.05) is 31.3 Å². The minimum absolute atomic E-state index is 0.00201. The fraction of sp³-hybridized carbons (Fsp3) is 0.263. The number of carboxylic acids is 1. The van der Waals surface area contributed by atoms with Crippen molar-refractivity contribution >= 4 is 17.7 Å². The van der Waals surface area contributed by atoms with Crippen LogP contribution >= 0.6 is 0 Å². The van der Waals surface area contributed by atoms with Crippen LogP contribution in [0.4, 0.5) is 10.5 Å². The fourth-order valence-electron chi connectivity index (χ4n) is 2.76. The molecule has 1 fully saturated rings. The maximum absolute atomic E-state index is 12.6. The van der Waals surface area contributed by atoms with Crippen LogP contribution in [0, 0.1) is 10.1 Å². The molecule has 3 rings (SSSR count). The number of hydrogen-bond donors (Lipinski definition) is 2. The van der Waals surface area contributed by atoms with Crippen LogP contribution in [0.5, 0.6) is 0 Å². The maximum Gasteiger partial charge on any atom is 0.335 e. The Bertz CT molecular complexity index is 862. The van der Waals surface area contributed by atoms with Crippen molar-refractivity contribution in [2.24, 2.45) is 0 Å². The summed E-state index contributed by atoms with van der Waals surface area (Å²) in [4.78, 5) is 35.6. The molecule has 0 bridgehead atoms. The third kappa shape index (κ3) is 4.81. The van der Waals surface area contributed by atoms with Crippen LogP contribution in [0.15, 0.2) is 48.5 Å². The number of amides is 2. The van der Waals surface area contributed by atoms with Gasteiger partial charge in [-0.3, -0.25) is 10.1 Å². The van der Waals surface area contributed by atoms with Gasteiger partial charge in [-0.1, -0.05) is 24.3 Å². The second-order valence-electron chi connectivity index (χ2n) is 6.45. The summed E-state index contributed by atoms with van der Waals surface area (Å²) in [5.41, 5.74) is 1.69. The summed E-state index contributed by atoms with van der Waals surface area (Å²) in [7, 11) is 0. The number of carboxylic acid groups (broad SMARTS) is 1. The number of hydrogen-bond acceptors (Lipinski definition) is 4. The molecule has 0 radical (unpaired) electrons. The molecule has 27 heavy (non-hydrogen) atoms. The molecule has 8 heteroatoms. The van der Waals surface area contributed by atoms with E-state index in [1.165, 1.54) is 24.3 Å². The summed E-state index contributed by atoms with van der Waals surface area (Å²) in [6.07, 6.45) is 1.82. The first kappa shape index (κ1) is 18.4. The van der Waals surface area contributed by atoms with Gasteiger partial charge in [0.15, 0.2) is 0 Å². The number of nitro groups is 1. The fourth-order valence-corrected chi connectivity index (χ4v) is 2.76. The molecule has 2 amide bonds. The Kier molecular flexibility index (Phi) is 5.35. The second kappa shape index (κ2) is 7.86.